The average molecular weight is 473 g/mol. The van der Waals surface area contributed by atoms with Crippen LogP contribution in [0.2, 0.25) is 5.02 Å². The lowest BCUT2D eigenvalue weighted by Gasteiger charge is -2.37. The Balaban J connectivity index is 1.18. The molecular weight excluding hydrogens is 448 g/mol. The lowest BCUT2D eigenvalue weighted by atomic mass is 10.0. The summed E-state index contributed by atoms with van der Waals surface area (Å²) >= 11 is 11.7. The van der Waals surface area contributed by atoms with Crippen molar-refractivity contribution in [1.29, 1.82) is 0 Å². The van der Waals surface area contributed by atoms with E-state index in [1.54, 1.807) is 0 Å². The summed E-state index contributed by atoms with van der Waals surface area (Å²) in [4.78, 5) is 5.43. The van der Waals surface area contributed by atoms with Crippen LogP contribution >= 0.6 is 23.8 Å². The largest absolute Gasteiger partial charge is 0.454 e. The van der Waals surface area contributed by atoms with Gasteiger partial charge in [-0.2, -0.15) is 0 Å². The van der Waals surface area contributed by atoms with E-state index < -0.39 is 0 Å². The number of benzene rings is 3. The minimum Gasteiger partial charge on any atom is -0.454 e. The molecule has 1 aliphatic heterocycles. The summed E-state index contributed by atoms with van der Waals surface area (Å²) in [6.07, 6.45) is 0.963. The fourth-order valence-electron chi connectivity index (χ4n) is 4.20. The summed E-state index contributed by atoms with van der Waals surface area (Å²) in [5.74, 6) is 1.55. The van der Waals surface area contributed by atoms with Gasteiger partial charge in [-0.3, -0.25) is 0 Å². The van der Waals surface area contributed by atoms with Crippen LogP contribution < -0.4 is 4.90 Å². The summed E-state index contributed by atoms with van der Waals surface area (Å²) in [7, 11) is 0. The van der Waals surface area contributed by atoms with E-state index in [9.17, 15) is 0 Å². The van der Waals surface area contributed by atoms with Gasteiger partial charge in [0, 0.05) is 42.5 Å². The number of hydrogen-bond acceptors (Lipinski definition) is 3. The molecular formula is C28H25ClN2OS. The van der Waals surface area contributed by atoms with Gasteiger partial charge < -0.3 is 14.2 Å². The van der Waals surface area contributed by atoms with Crippen LogP contribution in [0.1, 0.15) is 16.9 Å². The molecule has 0 saturated carbocycles. The molecule has 5 rings (SSSR count). The molecule has 1 aromatic heterocycles. The van der Waals surface area contributed by atoms with E-state index in [0.29, 0.717) is 5.02 Å². The summed E-state index contributed by atoms with van der Waals surface area (Å²) in [5.41, 5.74) is 4.93. The van der Waals surface area contributed by atoms with E-state index >= 15 is 0 Å². The van der Waals surface area contributed by atoms with Gasteiger partial charge in [0.25, 0.3) is 0 Å². The Morgan fingerprint density at radius 2 is 1.42 bits per heavy atom. The highest BCUT2D eigenvalue weighted by molar-refractivity contribution is 7.80. The minimum atomic E-state index is 0.713. The van der Waals surface area contributed by atoms with Crippen LogP contribution in [0.15, 0.2) is 95.4 Å². The second kappa shape index (κ2) is 9.82. The first-order chi connectivity index (χ1) is 16.2. The maximum atomic E-state index is 6.06. The molecule has 166 valence electrons. The van der Waals surface area contributed by atoms with Crippen LogP contribution in [0.3, 0.4) is 0 Å². The third-order valence-electron chi connectivity index (χ3n) is 6.06. The molecule has 0 radical (unpaired) electrons. The molecule has 5 heteroatoms. The number of furan rings is 1. The van der Waals surface area contributed by atoms with Crippen molar-refractivity contribution in [3.8, 4) is 11.3 Å². The average Bonchev–Trinajstić information content (AvgIpc) is 3.36. The summed E-state index contributed by atoms with van der Waals surface area (Å²) < 4.78 is 6.06. The van der Waals surface area contributed by atoms with Crippen molar-refractivity contribution in [1.82, 2.24) is 4.90 Å². The first-order valence-corrected chi connectivity index (χ1v) is 12.0. The van der Waals surface area contributed by atoms with Gasteiger partial charge in [-0.1, -0.05) is 66.3 Å². The third kappa shape index (κ3) is 5.13. The topological polar surface area (TPSA) is 19.6 Å². The fourth-order valence-corrected chi connectivity index (χ4v) is 4.62. The number of rotatable bonds is 5. The summed E-state index contributed by atoms with van der Waals surface area (Å²) in [5, 5.41) is 0.713. The van der Waals surface area contributed by atoms with Crippen molar-refractivity contribution < 1.29 is 4.42 Å². The maximum absolute atomic E-state index is 6.06. The SMILES string of the molecule is S=C(c1ccc(-c2ccc(Cl)cc2)o1)N1CCN(c2ccc(Cc3ccccc3)cc2)CC1. The Bertz CT molecular complexity index is 1210. The molecule has 2 heterocycles. The second-order valence-electron chi connectivity index (χ2n) is 8.28. The van der Waals surface area contributed by atoms with Gasteiger partial charge in [0.1, 0.15) is 10.7 Å². The third-order valence-corrected chi connectivity index (χ3v) is 6.78. The number of anilines is 1. The Hall–Kier alpha value is -3.08. The van der Waals surface area contributed by atoms with Gasteiger partial charge in [-0.15, -0.1) is 0 Å². The standard InChI is InChI=1S/C28H25ClN2OS/c29-24-10-8-23(9-11-24)26-14-15-27(32-26)28(33)31-18-16-30(17-19-31)25-12-6-22(7-13-25)20-21-4-2-1-3-5-21/h1-15H,16-20H2. The van der Waals surface area contributed by atoms with Crippen molar-refractivity contribution in [2.24, 2.45) is 0 Å². The first kappa shape index (κ1) is 21.7. The molecule has 0 bridgehead atoms. The van der Waals surface area contributed by atoms with Gasteiger partial charge in [0.15, 0.2) is 5.76 Å². The van der Waals surface area contributed by atoms with Crippen LogP contribution in [0, 0.1) is 0 Å². The second-order valence-corrected chi connectivity index (χ2v) is 9.10. The van der Waals surface area contributed by atoms with Gasteiger partial charge >= 0.3 is 0 Å². The molecule has 0 amide bonds. The predicted octanol–water partition coefficient (Wildman–Crippen LogP) is 6.69. The predicted molar refractivity (Wildman–Crippen MR) is 140 cm³/mol. The lowest BCUT2D eigenvalue weighted by molar-refractivity contribution is 0.385. The van der Waals surface area contributed by atoms with Crippen LogP contribution in [-0.4, -0.2) is 36.1 Å². The number of thiocarbonyl (C=S) groups is 1. The van der Waals surface area contributed by atoms with Crippen molar-refractivity contribution in [2.75, 3.05) is 31.1 Å². The summed E-state index contributed by atoms with van der Waals surface area (Å²) in [6.45, 7) is 3.62. The zero-order valence-electron chi connectivity index (χ0n) is 18.3. The highest BCUT2D eigenvalue weighted by atomic mass is 35.5. The Labute approximate surface area is 205 Å². The summed E-state index contributed by atoms with van der Waals surface area (Å²) in [6, 6.07) is 31.1. The molecule has 0 unspecified atom stereocenters. The van der Waals surface area contributed by atoms with E-state index in [4.69, 9.17) is 28.2 Å². The Kier molecular flexibility index (Phi) is 6.47. The Morgan fingerprint density at radius 3 is 2.12 bits per heavy atom. The molecule has 33 heavy (non-hydrogen) atoms. The van der Waals surface area contributed by atoms with Crippen LogP contribution in [0.5, 0.6) is 0 Å². The van der Waals surface area contributed by atoms with Gasteiger partial charge in [-0.25, -0.2) is 0 Å². The molecule has 1 aliphatic rings. The smallest absolute Gasteiger partial charge is 0.162 e. The van der Waals surface area contributed by atoms with Crippen molar-refractivity contribution >= 4 is 34.5 Å². The zero-order chi connectivity index (χ0) is 22.6. The fraction of sp³-hybridized carbons (Fsp3) is 0.179. The normalized spacial score (nSPS) is 13.8. The number of nitrogens with zero attached hydrogens (tertiary/aromatic N) is 2. The number of piperazine rings is 1. The van der Waals surface area contributed by atoms with E-state index in [1.807, 2.05) is 36.4 Å². The molecule has 0 spiro atoms. The first-order valence-electron chi connectivity index (χ1n) is 11.2. The molecule has 3 nitrogen and oxygen atoms in total. The minimum absolute atomic E-state index is 0.713. The van der Waals surface area contributed by atoms with Gasteiger partial charge in [-0.05, 0) is 66.1 Å². The number of hydrogen-bond donors (Lipinski definition) is 0. The molecule has 3 aromatic carbocycles. The van der Waals surface area contributed by atoms with Gasteiger partial charge in [0.2, 0.25) is 0 Å². The maximum Gasteiger partial charge on any atom is 0.162 e. The molecule has 0 N–H and O–H groups in total. The lowest BCUT2D eigenvalue weighted by Crippen LogP contribution is -2.48. The van der Waals surface area contributed by atoms with Crippen molar-refractivity contribution in [3.63, 3.8) is 0 Å². The molecule has 0 aliphatic carbocycles. The quantitative estimate of drug-likeness (QED) is 0.301. The molecule has 1 saturated heterocycles. The van der Waals surface area contributed by atoms with Crippen molar-refractivity contribution in [3.05, 3.63) is 113 Å². The monoisotopic (exact) mass is 472 g/mol. The van der Waals surface area contributed by atoms with E-state index in [2.05, 4.69) is 64.4 Å². The molecule has 0 atom stereocenters. The molecule has 4 aromatic rings. The van der Waals surface area contributed by atoms with Gasteiger partial charge in [0.05, 0.1) is 0 Å². The highest BCUT2D eigenvalue weighted by Gasteiger charge is 2.22. The van der Waals surface area contributed by atoms with Crippen molar-refractivity contribution in [2.45, 2.75) is 6.42 Å². The van der Waals surface area contributed by atoms with E-state index in [-0.39, 0.29) is 0 Å². The number of halogens is 1. The highest BCUT2D eigenvalue weighted by Crippen LogP contribution is 2.26. The van der Waals surface area contributed by atoms with E-state index in [1.165, 1.54) is 16.8 Å². The van der Waals surface area contributed by atoms with Crippen LogP contribution in [-0.2, 0) is 6.42 Å². The van der Waals surface area contributed by atoms with Crippen LogP contribution in [0.4, 0.5) is 5.69 Å². The Morgan fingerprint density at radius 1 is 0.758 bits per heavy atom. The molecule has 1 fully saturated rings. The van der Waals surface area contributed by atoms with Crippen LogP contribution in [0.25, 0.3) is 11.3 Å². The van der Waals surface area contributed by atoms with E-state index in [0.717, 1.165) is 54.7 Å². The zero-order valence-corrected chi connectivity index (χ0v) is 19.9.